The Balaban J connectivity index is 1.22. The Labute approximate surface area is 278 Å². The van der Waals surface area contributed by atoms with E-state index < -0.39 is 23.9 Å². The van der Waals surface area contributed by atoms with Crippen molar-refractivity contribution in [3.63, 3.8) is 0 Å². The third kappa shape index (κ3) is 5.12. The lowest BCUT2D eigenvalue weighted by Gasteiger charge is -2.22. The summed E-state index contributed by atoms with van der Waals surface area (Å²) in [5, 5.41) is 4.19. The summed E-state index contributed by atoms with van der Waals surface area (Å²) in [6.07, 6.45) is -2.23. The topological polar surface area (TPSA) is 105 Å². The fraction of sp³-hybridized carbons (Fsp3) is 0.0244. The van der Waals surface area contributed by atoms with Crippen molar-refractivity contribution in [3.8, 4) is 11.5 Å². The van der Waals surface area contributed by atoms with Crippen molar-refractivity contribution in [2.45, 2.75) is 6.92 Å². The lowest BCUT2D eigenvalue weighted by Crippen LogP contribution is -2.48. The quantitative estimate of drug-likeness (QED) is 0.193. The maximum Gasteiger partial charge on any atom is 0.519 e. The van der Waals surface area contributed by atoms with E-state index in [9.17, 15) is 19.2 Å². The zero-order valence-corrected chi connectivity index (χ0v) is 25.9. The van der Waals surface area contributed by atoms with Crippen molar-refractivity contribution in [1.82, 2.24) is 0 Å². The van der Waals surface area contributed by atoms with E-state index in [0.29, 0.717) is 21.2 Å². The van der Waals surface area contributed by atoms with Crippen LogP contribution in [0.1, 0.15) is 5.56 Å². The van der Waals surface area contributed by atoms with Gasteiger partial charge in [0.1, 0.15) is 11.5 Å². The molecule has 0 aliphatic heterocycles. The Kier molecular flexibility index (Phi) is 7.11. The summed E-state index contributed by atoms with van der Waals surface area (Å²) >= 11 is 0. The van der Waals surface area contributed by atoms with E-state index in [2.05, 4.69) is 0 Å². The molecule has 6 aromatic rings. The summed E-state index contributed by atoms with van der Waals surface area (Å²) < 4.78 is 22.5. The van der Waals surface area contributed by atoms with Crippen molar-refractivity contribution < 1.29 is 38.1 Å². The van der Waals surface area contributed by atoms with Gasteiger partial charge in [0.2, 0.25) is 11.6 Å². The van der Waals surface area contributed by atoms with Crippen LogP contribution < -0.4 is 30.3 Å². The number of hydrogen-bond acceptors (Lipinski definition) is 8. The number of rotatable bonds is 4. The maximum absolute atomic E-state index is 14.3. The summed E-state index contributed by atoms with van der Waals surface area (Å²) in [7, 11) is 0. The van der Waals surface area contributed by atoms with Gasteiger partial charge in [0, 0.05) is 32.4 Å². The van der Waals surface area contributed by atoms with Crippen LogP contribution in [0.3, 0.4) is 0 Å². The van der Waals surface area contributed by atoms with Crippen LogP contribution in [0.4, 0.5) is 9.59 Å². The molecule has 0 saturated heterocycles. The lowest BCUT2D eigenvalue weighted by molar-refractivity contribution is -0.112. The number of Topliss-reactive ketones (excluding diaryl/α,β-unsaturated/α-hetero) is 2. The first kappa shape index (κ1) is 29.6. The molecule has 0 N–H and O–H groups in total. The lowest BCUT2D eigenvalue weighted by atomic mass is 9.83. The maximum atomic E-state index is 14.3. The molecule has 6 aromatic carbocycles. The first-order valence-corrected chi connectivity index (χ1v) is 15.4. The van der Waals surface area contributed by atoms with Gasteiger partial charge in [0.15, 0.2) is 11.5 Å². The van der Waals surface area contributed by atoms with Crippen LogP contribution >= 0.6 is 0 Å². The Morgan fingerprint density at radius 1 is 0.449 bits per heavy atom. The molecule has 8 heteroatoms. The molecule has 0 amide bonds. The number of benzene rings is 6. The molecule has 0 fully saturated rings. The van der Waals surface area contributed by atoms with Gasteiger partial charge in [-0.3, -0.25) is 9.59 Å². The first-order chi connectivity index (χ1) is 23.9. The first-order valence-electron chi connectivity index (χ1n) is 15.4. The predicted molar refractivity (Wildman–Crippen MR) is 182 cm³/mol. The Morgan fingerprint density at radius 3 is 1.47 bits per heavy atom. The third-order valence-corrected chi connectivity index (χ3v) is 8.50. The molecule has 2 aliphatic carbocycles. The number of hydrogen-bond donors (Lipinski definition) is 0. The van der Waals surface area contributed by atoms with Crippen molar-refractivity contribution >= 4 is 68.1 Å². The van der Waals surface area contributed by atoms with Crippen LogP contribution in [-0.4, -0.2) is 23.9 Å². The number of ether oxygens (including phenoxy) is 4. The highest BCUT2D eigenvalue weighted by Gasteiger charge is 2.38. The van der Waals surface area contributed by atoms with Crippen LogP contribution in [0.2, 0.25) is 0 Å². The van der Waals surface area contributed by atoms with E-state index in [-0.39, 0.29) is 44.6 Å². The normalized spacial score (nSPS) is 13.5. The van der Waals surface area contributed by atoms with E-state index in [1.54, 1.807) is 66.7 Å². The number of ketones is 2. The van der Waals surface area contributed by atoms with E-state index in [0.717, 1.165) is 16.3 Å². The van der Waals surface area contributed by atoms with Crippen molar-refractivity contribution in [2.75, 3.05) is 0 Å². The molecule has 0 heterocycles. The standard InChI is InChI=1S/C41H24O8/c1-23-20-21-29-31(22-23)39(49-41(45)47-33-19-9-13-25-11-3-5-15-27(25)33)37(43)34-28-16-6-7-17-30(28)38(36(42)35(29)34)48-40(44)46-32-18-8-12-24-10-2-4-14-26(24)32/h2-22H,1H3. The van der Waals surface area contributed by atoms with Gasteiger partial charge < -0.3 is 18.9 Å². The van der Waals surface area contributed by atoms with Gasteiger partial charge in [-0.1, -0.05) is 115 Å². The zero-order valence-electron chi connectivity index (χ0n) is 25.9. The Bertz CT molecular complexity index is 2690. The molecule has 8 rings (SSSR count). The zero-order chi connectivity index (χ0) is 33.6. The minimum absolute atomic E-state index is 0.0136. The average Bonchev–Trinajstić information content (AvgIpc) is 3.11. The molecule has 2 aliphatic rings. The van der Waals surface area contributed by atoms with Crippen LogP contribution in [0, 0.1) is 6.92 Å². The molecule has 0 bridgehead atoms. The summed E-state index contributed by atoms with van der Waals surface area (Å²) in [5.41, 5.74) is 0.781. The monoisotopic (exact) mass is 644 g/mol. The molecule has 49 heavy (non-hydrogen) atoms. The van der Waals surface area contributed by atoms with Crippen molar-refractivity contribution in [3.05, 3.63) is 154 Å². The Morgan fingerprint density at radius 2 is 0.898 bits per heavy atom. The van der Waals surface area contributed by atoms with Crippen LogP contribution in [-0.2, 0) is 19.1 Å². The SMILES string of the molecule is Cc1ccc2c(c1)=C(OC(=O)Oc1cccc3ccccc13)C(=O)C1=c3ccccc3=C(OC(=O)Oc3cccc4ccccc34)C(=O)C=21. The molecule has 0 saturated carbocycles. The van der Waals surface area contributed by atoms with E-state index in [1.165, 1.54) is 0 Å². The largest absolute Gasteiger partial charge is 0.519 e. The minimum atomic E-state index is -1.11. The molecule has 0 unspecified atom stereocenters. The predicted octanol–water partition coefficient (Wildman–Crippen LogP) is 5.12. The summed E-state index contributed by atoms with van der Waals surface area (Å²) in [6.45, 7) is 1.81. The third-order valence-electron chi connectivity index (χ3n) is 8.50. The molecule has 236 valence electrons. The molecular formula is C41H24O8. The van der Waals surface area contributed by atoms with Crippen molar-refractivity contribution in [1.29, 1.82) is 0 Å². The fourth-order valence-electron chi connectivity index (χ4n) is 6.34. The highest BCUT2D eigenvalue weighted by Crippen LogP contribution is 2.30. The van der Waals surface area contributed by atoms with Crippen molar-refractivity contribution in [2.24, 2.45) is 0 Å². The molecule has 0 aromatic heterocycles. The molecule has 0 radical (unpaired) electrons. The van der Waals surface area contributed by atoms with Gasteiger partial charge in [-0.05, 0) is 46.3 Å². The second kappa shape index (κ2) is 11.8. The highest BCUT2D eigenvalue weighted by atomic mass is 16.7. The van der Waals surface area contributed by atoms with E-state index in [4.69, 9.17) is 18.9 Å². The minimum Gasteiger partial charge on any atom is -0.394 e. The van der Waals surface area contributed by atoms with Crippen LogP contribution in [0.5, 0.6) is 11.5 Å². The summed E-state index contributed by atoms with van der Waals surface area (Å²) in [5.74, 6) is -1.44. The number of aryl methyl sites for hydroxylation is 1. The van der Waals surface area contributed by atoms with Crippen LogP contribution in [0.15, 0.2) is 127 Å². The second-order valence-electron chi connectivity index (χ2n) is 11.5. The smallest absolute Gasteiger partial charge is 0.394 e. The average molecular weight is 645 g/mol. The molecule has 8 nitrogen and oxygen atoms in total. The summed E-state index contributed by atoms with van der Waals surface area (Å²) in [4.78, 5) is 55.1. The van der Waals surface area contributed by atoms with Gasteiger partial charge in [0.05, 0.1) is 0 Å². The summed E-state index contributed by atoms with van der Waals surface area (Å²) in [6, 6.07) is 37.0. The second-order valence-corrected chi connectivity index (χ2v) is 11.5. The van der Waals surface area contributed by atoms with Gasteiger partial charge in [0.25, 0.3) is 0 Å². The molecule has 0 atom stereocenters. The number of carbonyl (C=O) groups is 4. The van der Waals surface area contributed by atoms with Gasteiger partial charge in [-0.25, -0.2) is 9.59 Å². The van der Waals surface area contributed by atoms with Gasteiger partial charge in [-0.2, -0.15) is 0 Å². The fourth-order valence-corrected chi connectivity index (χ4v) is 6.34. The van der Waals surface area contributed by atoms with Gasteiger partial charge in [-0.15, -0.1) is 0 Å². The number of carbonyl (C=O) groups excluding carboxylic acids is 4. The van der Waals surface area contributed by atoms with Gasteiger partial charge >= 0.3 is 12.3 Å². The van der Waals surface area contributed by atoms with E-state index >= 15 is 0 Å². The van der Waals surface area contributed by atoms with Crippen LogP contribution in [0.25, 0.3) is 44.2 Å². The highest BCUT2D eigenvalue weighted by molar-refractivity contribution is 6.58. The van der Waals surface area contributed by atoms with E-state index in [1.807, 2.05) is 67.6 Å². The Hall–Kier alpha value is -6.80. The molecular weight excluding hydrogens is 620 g/mol. The molecule has 0 spiro atoms. The number of fused-ring (bicyclic) bond motifs is 5.